The van der Waals surface area contributed by atoms with Gasteiger partial charge in [0.25, 0.3) is 11.7 Å². The molecule has 0 saturated carbocycles. The molecule has 0 bridgehead atoms. The minimum Gasteiger partial charge on any atom is -0.337 e. The monoisotopic (exact) mass is 319 g/mol. The smallest absolute Gasteiger partial charge is 0.337 e. The summed E-state index contributed by atoms with van der Waals surface area (Å²) in [7, 11) is 0. The van der Waals surface area contributed by atoms with Crippen LogP contribution in [0.4, 0.5) is 13.2 Å². The number of nitrogens with zero attached hydrogens (tertiary/aromatic N) is 5. The lowest BCUT2D eigenvalue weighted by Gasteiger charge is -2.29. The summed E-state index contributed by atoms with van der Waals surface area (Å²) in [6.07, 6.45) is -2.86. The molecular formula is C11H12F3N5OS. The van der Waals surface area contributed by atoms with E-state index in [0.717, 1.165) is 24.2 Å². The van der Waals surface area contributed by atoms with Crippen LogP contribution >= 0.6 is 11.3 Å². The molecule has 2 aromatic heterocycles. The third-order valence-corrected chi connectivity index (χ3v) is 4.38. The van der Waals surface area contributed by atoms with Crippen LogP contribution in [0.1, 0.15) is 35.4 Å². The van der Waals surface area contributed by atoms with Crippen LogP contribution in [0.5, 0.6) is 0 Å². The van der Waals surface area contributed by atoms with Crippen LogP contribution in [0.15, 0.2) is 0 Å². The van der Waals surface area contributed by atoms with Gasteiger partial charge in [-0.3, -0.25) is 4.79 Å². The summed E-state index contributed by atoms with van der Waals surface area (Å²) in [5.41, 5.74) is 0. The van der Waals surface area contributed by atoms with Gasteiger partial charge >= 0.3 is 6.18 Å². The predicted octanol–water partition coefficient (Wildman–Crippen LogP) is 2.08. The topological polar surface area (TPSA) is 63.4 Å². The lowest BCUT2D eigenvalue weighted by molar-refractivity contribution is -0.146. The Morgan fingerprint density at radius 3 is 2.57 bits per heavy atom. The van der Waals surface area contributed by atoms with Crippen LogP contribution in [0.3, 0.4) is 0 Å². The summed E-state index contributed by atoms with van der Waals surface area (Å²) in [5, 5.41) is 10.2. The first kappa shape index (κ1) is 14.2. The Hall–Kier alpha value is -1.71. The molecule has 10 heteroatoms. The number of rotatable bonds is 1. The van der Waals surface area contributed by atoms with Crippen molar-refractivity contribution in [1.82, 2.24) is 24.7 Å². The molecule has 1 amide bonds. The van der Waals surface area contributed by atoms with E-state index in [1.807, 2.05) is 0 Å². The highest BCUT2D eigenvalue weighted by molar-refractivity contribution is 7.18. The van der Waals surface area contributed by atoms with Crippen LogP contribution in [0, 0.1) is 5.92 Å². The Balaban J connectivity index is 1.88. The normalized spacial score (nSPS) is 17.6. The number of fused-ring (bicyclic) bond motifs is 1. The SMILES string of the molecule is CC1CCN(C(=O)c2nn3c(C(F)(F)F)nnc3s2)CC1. The van der Waals surface area contributed by atoms with E-state index in [0.29, 0.717) is 23.5 Å². The highest BCUT2D eigenvalue weighted by atomic mass is 32.1. The summed E-state index contributed by atoms with van der Waals surface area (Å²) in [6.45, 7) is 3.32. The lowest BCUT2D eigenvalue weighted by Crippen LogP contribution is -2.37. The van der Waals surface area contributed by atoms with E-state index >= 15 is 0 Å². The molecule has 0 unspecified atom stereocenters. The number of hydrogen-bond acceptors (Lipinski definition) is 5. The van der Waals surface area contributed by atoms with Gasteiger partial charge in [-0.05, 0) is 18.8 Å². The van der Waals surface area contributed by atoms with Gasteiger partial charge in [-0.15, -0.1) is 15.3 Å². The molecule has 0 radical (unpaired) electrons. The average molecular weight is 319 g/mol. The number of hydrogen-bond donors (Lipinski definition) is 0. The van der Waals surface area contributed by atoms with Crippen molar-refractivity contribution < 1.29 is 18.0 Å². The van der Waals surface area contributed by atoms with Crippen molar-refractivity contribution >= 4 is 22.2 Å². The first-order chi connectivity index (χ1) is 9.86. The van der Waals surface area contributed by atoms with Gasteiger partial charge in [0.2, 0.25) is 9.97 Å². The van der Waals surface area contributed by atoms with Crippen molar-refractivity contribution in [2.24, 2.45) is 5.92 Å². The summed E-state index contributed by atoms with van der Waals surface area (Å²) in [4.78, 5) is 13.9. The van der Waals surface area contributed by atoms with Crippen LogP contribution in [0.2, 0.25) is 0 Å². The van der Waals surface area contributed by atoms with Crippen molar-refractivity contribution in [2.45, 2.75) is 25.9 Å². The Morgan fingerprint density at radius 1 is 1.29 bits per heavy atom. The van der Waals surface area contributed by atoms with Crippen molar-refractivity contribution in [2.75, 3.05) is 13.1 Å². The van der Waals surface area contributed by atoms with Crippen molar-refractivity contribution in [3.05, 3.63) is 10.8 Å². The molecule has 3 heterocycles. The highest BCUT2D eigenvalue weighted by Crippen LogP contribution is 2.29. The second kappa shape index (κ2) is 4.93. The first-order valence-electron chi connectivity index (χ1n) is 6.45. The number of alkyl halides is 3. The number of carbonyl (C=O) groups excluding carboxylic acids is 1. The van der Waals surface area contributed by atoms with E-state index < -0.39 is 12.0 Å². The number of piperidine rings is 1. The number of carbonyl (C=O) groups is 1. The quantitative estimate of drug-likeness (QED) is 0.807. The van der Waals surface area contributed by atoms with Gasteiger partial charge in [-0.25, -0.2) is 0 Å². The van der Waals surface area contributed by atoms with E-state index in [1.165, 1.54) is 0 Å². The van der Waals surface area contributed by atoms with Gasteiger partial charge in [-0.2, -0.15) is 17.7 Å². The van der Waals surface area contributed by atoms with Gasteiger partial charge in [0.05, 0.1) is 0 Å². The number of halogens is 3. The molecule has 1 aliphatic rings. The maximum atomic E-state index is 12.7. The highest BCUT2D eigenvalue weighted by Gasteiger charge is 2.38. The first-order valence-corrected chi connectivity index (χ1v) is 7.26. The van der Waals surface area contributed by atoms with Gasteiger partial charge < -0.3 is 4.90 Å². The summed E-state index contributed by atoms with van der Waals surface area (Å²) < 4.78 is 38.7. The second-order valence-corrected chi connectivity index (χ2v) is 6.05. The van der Waals surface area contributed by atoms with E-state index in [-0.39, 0.29) is 15.9 Å². The van der Waals surface area contributed by atoms with E-state index in [2.05, 4.69) is 22.2 Å². The molecule has 0 aromatic carbocycles. The Labute approximate surface area is 121 Å². The summed E-state index contributed by atoms with van der Waals surface area (Å²) >= 11 is 0.824. The van der Waals surface area contributed by atoms with Gasteiger partial charge in [0, 0.05) is 13.1 Å². The number of likely N-dealkylation sites (tertiary alicyclic amines) is 1. The van der Waals surface area contributed by atoms with E-state index in [9.17, 15) is 18.0 Å². The molecule has 21 heavy (non-hydrogen) atoms. The van der Waals surface area contributed by atoms with Gasteiger partial charge in [-0.1, -0.05) is 18.3 Å². The molecule has 1 aliphatic heterocycles. The molecule has 3 rings (SSSR count). The largest absolute Gasteiger partial charge is 0.453 e. The zero-order valence-corrected chi connectivity index (χ0v) is 11.9. The lowest BCUT2D eigenvalue weighted by atomic mass is 9.99. The van der Waals surface area contributed by atoms with Crippen LogP contribution in [-0.4, -0.2) is 43.7 Å². The van der Waals surface area contributed by atoms with Crippen LogP contribution in [0.25, 0.3) is 4.96 Å². The number of aromatic nitrogens is 4. The second-order valence-electron chi connectivity index (χ2n) is 5.10. The molecule has 0 spiro atoms. The summed E-state index contributed by atoms with van der Waals surface area (Å²) in [5.74, 6) is -0.991. The minimum atomic E-state index is -4.64. The minimum absolute atomic E-state index is 0.0138. The third kappa shape index (κ3) is 2.59. The van der Waals surface area contributed by atoms with Crippen molar-refractivity contribution in [1.29, 1.82) is 0 Å². The molecule has 114 valence electrons. The Kier molecular flexibility index (Phi) is 3.34. The molecule has 6 nitrogen and oxygen atoms in total. The fourth-order valence-corrected chi connectivity index (χ4v) is 3.03. The molecule has 0 atom stereocenters. The van der Waals surface area contributed by atoms with E-state index in [1.54, 1.807) is 4.90 Å². The fraction of sp³-hybridized carbons (Fsp3) is 0.636. The van der Waals surface area contributed by atoms with E-state index in [4.69, 9.17) is 0 Å². The predicted molar refractivity (Wildman–Crippen MR) is 68.0 cm³/mol. The van der Waals surface area contributed by atoms with Gasteiger partial charge in [0.15, 0.2) is 0 Å². The third-order valence-electron chi connectivity index (χ3n) is 3.50. The molecule has 1 fully saturated rings. The molecule has 2 aromatic rings. The number of amides is 1. The Morgan fingerprint density at radius 2 is 1.95 bits per heavy atom. The molecular weight excluding hydrogens is 307 g/mol. The van der Waals surface area contributed by atoms with Crippen molar-refractivity contribution in [3.63, 3.8) is 0 Å². The maximum Gasteiger partial charge on any atom is 0.453 e. The molecule has 0 aliphatic carbocycles. The van der Waals surface area contributed by atoms with Crippen molar-refractivity contribution in [3.8, 4) is 0 Å². The van der Waals surface area contributed by atoms with Crippen LogP contribution in [-0.2, 0) is 6.18 Å². The fourth-order valence-electron chi connectivity index (χ4n) is 2.23. The van der Waals surface area contributed by atoms with Crippen LogP contribution < -0.4 is 0 Å². The average Bonchev–Trinajstić information content (AvgIpc) is 2.96. The molecule has 1 saturated heterocycles. The standard InChI is InChI=1S/C11H12F3N5OS/c1-6-2-4-18(5-3-6)8(20)7-17-19-9(11(12,13)14)15-16-10(19)21-7/h6H,2-5H2,1H3. The summed E-state index contributed by atoms with van der Waals surface area (Å²) in [6, 6.07) is 0. The zero-order valence-electron chi connectivity index (χ0n) is 11.1. The van der Waals surface area contributed by atoms with Gasteiger partial charge in [0.1, 0.15) is 0 Å². The maximum absolute atomic E-state index is 12.7. The Bertz CT molecular complexity index is 671. The zero-order chi connectivity index (χ0) is 15.2. The molecule has 0 N–H and O–H groups in total.